The van der Waals surface area contributed by atoms with E-state index < -0.39 is 5.69 Å². The number of rotatable bonds is 1. The van der Waals surface area contributed by atoms with Gasteiger partial charge in [0.25, 0.3) is 0 Å². The molecule has 0 aliphatic heterocycles. The van der Waals surface area contributed by atoms with Gasteiger partial charge in [-0.2, -0.15) is 9.94 Å². The highest BCUT2D eigenvalue weighted by atomic mass is 16.2. The van der Waals surface area contributed by atoms with E-state index in [-0.39, 0.29) is 0 Å². The summed E-state index contributed by atoms with van der Waals surface area (Å²) in [7, 11) is 0. The Bertz CT molecular complexity index is 365. The summed E-state index contributed by atoms with van der Waals surface area (Å²) in [4.78, 5) is 10.7. The molecule has 0 unspecified atom stereocenters. The fraction of sp³-hybridized carbons (Fsp3) is 0.200. The Morgan fingerprint density at radius 1 is 1.91 bits per heavy atom. The normalized spacial score (nSPS) is 11.1. The molecule has 1 aromatic rings. The summed E-state index contributed by atoms with van der Waals surface area (Å²) in [6, 6.07) is 1.85. The minimum absolute atomic E-state index is 0.390. The second-order valence-electron chi connectivity index (χ2n) is 1.87. The maximum atomic E-state index is 10.7. The van der Waals surface area contributed by atoms with Crippen molar-refractivity contribution in [1.29, 1.82) is 5.26 Å². The molecule has 0 spiro atoms. The van der Waals surface area contributed by atoms with Crippen molar-refractivity contribution >= 4 is 6.20 Å². The van der Waals surface area contributed by atoms with Gasteiger partial charge in [0.1, 0.15) is 0 Å². The third kappa shape index (κ3) is 1.52. The summed E-state index contributed by atoms with van der Waals surface area (Å²) in [6.07, 6.45) is 1.30. The Morgan fingerprint density at radius 3 is 3.09 bits per heavy atom. The third-order valence-corrected chi connectivity index (χ3v) is 0.987. The van der Waals surface area contributed by atoms with E-state index in [9.17, 15) is 4.79 Å². The van der Waals surface area contributed by atoms with Gasteiger partial charge in [-0.25, -0.2) is 9.89 Å². The molecular formula is C5H5N5O. The van der Waals surface area contributed by atoms with Gasteiger partial charge in [0, 0.05) is 11.8 Å². The monoisotopic (exact) mass is 151 g/mol. The molecule has 1 rings (SSSR count). The zero-order valence-electron chi connectivity index (χ0n) is 5.77. The van der Waals surface area contributed by atoms with Crippen molar-refractivity contribution < 1.29 is 0 Å². The first-order valence-electron chi connectivity index (χ1n) is 2.82. The molecule has 0 aromatic carbocycles. The molecule has 0 saturated carbocycles. The van der Waals surface area contributed by atoms with Gasteiger partial charge >= 0.3 is 5.69 Å². The first-order valence-corrected chi connectivity index (χ1v) is 2.82. The lowest BCUT2D eigenvalue weighted by Gasteiger charge is -1.83. The number of hydrogen-bond donors (Lipinski definition) is 1. The van der Waals surface area contributed by atoms with Crippen molar-refractivity contribution in [3.05, 3.63) is 16.1 Å². The summed E-state index contributed by atoms with van der Waals surface area (Å²) >= 11 is 0. The Morgan fingerprint density at radius 2 is 2.64 bits per heavy atom. The molecule has 0 radical (unpaired) electrons. The molecule has 56 valence electrons. The fourth-order valence-corrected chi connectivity index (χ4v) is 0.502. The molecule has 0 aliphatic rings. The van der Waals surface area contributed by atoms with E-state index in [4.69, 9.17) is 5.26 Å². The molecule has 1 heterocycles. The van der Waals surface area contributed by atoms with Crippen LogP contribution < -0.4 is 5.69 Å². The van der Waals surface area contributed by atoms with E-state index in [1.807, 2.05) is 6.07 Å². The van der Waals surface area contributed by atoms with Crippen LogP contribution >= 0.6 is 0 Å². The lowest BCUT2D eigenvalue weighted by atomic mass is 10.4. The first kappa shape index (κ1) is 7.21. The predicted molar refractivity (Wildman–Crippen MR) is 36.2 cm³/mol. The molecule has 0 fully saturated rings. The minimum atomic E-state index is -0.459. The molecule has 0 atom stereocenters. The predicted octanol–water partition coefficient (Wildman–Crippen LogP) is -0.649. The van der Waals surface area contributed by atoms with Crippen molar-refractivity contribution in [2.45, 2.75) is 6.92 Å². The lowest BCUT2D eigenvalue weighted by Crippen LogP contribution is -2.12. The smallest absolute Gasteiger partial charge is 0.244 e. The van der Waals surface area contributed by atoms with Crippen molar-refractivity contribution in [2.75, 3.05) is 0 Å². The van der Waals surface area contributed by atoms with Gasteiger partial charge in [0.05, 0.1) is 6.07 Å². The van der Waals surface area contributed by atoms with Crippen LogP contribution in [0.5, 0.6) is 0 Å². The second kappa shape index (κ2) is 2.79. The zero-order valence-corrected chi connectivity index (χ0v) is 5.77. The van der Waals surface area contributed by atoms with Crippen LogP contribution in [0.15, 0.2) is 10.4 Å². The van der Waals surface area contributed by atoms with E-state index in [1.165, 1.54) is 6.20 Å². The summed E-state index contributed by atoms with van der Waals surface area (Å²) in [6.45, 7) is 1.57. The van der Waals surface area contributed by atoms with E-state index >= 15 is 0 Å². The van der Waals surface area contributed by atoms with Gasteiger partial charge in [-0.15, -0.1) is 0 Å². The number of nitrogens with one attached hydrogen (secondary N) is 1. The van der Waals surface area contributed by atoms with Gasteiger partial charge in [-0.05, 0) is 17.4 Å². The van der Waals surface area contributed by atoms with Crippen LogP contribution in [0.1, 0.15) is 6.92 Å². The highest BCUT2D eigenvalue weighted by Crippen LogP contribution is 1.87. The van der Waals surface area contributed by atoms with Crippen molar-refractivity contribution in [3.8, 4) is 6.07 Å². The number of aromatic amines is 1. The second-order valence-corrected chi connectivity index (χ2v) is 1.87. The van der Waals surface area contributed by atoms with Crippen LogP contribution in [0, 0.1) is 11.3 Å². The standard InChI is InChI=1S/C5H5N5O/c1-4(2-6)3-10-5(11)7-8-9-10/h3H,1H3,(H,7,9,11)/b4-3-. The van der Waals surface area contributed by atoms with Crippen LogP contribution in [0.3, 0.4) is 0 Å². The van der Waals surface area contributed by atoms with Crippen LogP contribution in [0.25, 0.3) is 6.20 Å². The third-order valence-electron chi connectivity index (χ3n) is 0.987. The number of nitrogens with zero attached hydrogens (tertiary/aromatic N) is 4. The molecule has 11 heavy (non-hydrogen) atoms. The summed E-state index contributed by atoms with van der Waals surface area (Å²) in [5, 5.41) is 17.0. The number of H-pyrrole nitrogens is 1. The van der Waals surface area contributed by atoms with Crippen molar-refractivity contribution in [3.63, 3.8) is 0 Å². The van der Waals surface area contributed by atoms with Crippen LogP contribution in [-0.4, -0.2) is 20.2 Å². The average Bonchev–Trinajstić information content (AvgIpc) is 2.37. The van der Waals surface area contributed by atoms with Gasteiger partial charge in [-0.1, -0.05) is 0 Å². The van der Waals surface area contributed by atoms with E-state index in [1.54, 1.807) is 6.92 Å². The number of tetrazole rings is 1. The van der Waals surface area contributed by atoms with Crippen LogP contribution in [-0.2, 0) is 0 Å². The Balaban J connectivity index is 3.07. The number of nitriles is 1. The molecule has 0 amide bonds. The Hall–Kier alpha value is -1.90. The maximum absolute atomic E-state index is 10.7. The quantitative estimate of drug-likeness (QED) is 0.540. The molecule has 6 heteroatoms. The molecule has 0 bridgehead atoms. The minimum Gasteiger partial charge on any atom is -0.244 e. The highest BCUT2D eigenvalue weighted by Gasteiger charge is 1.93. The topological polar surface area (TPSA) is 87.4 Å². The Kier molecular flexibility index (Phi) is 1.83. The van der Waals surface area contributed by atoms with Gasteiger partial charge < -0.3 is 0 Å². The van der Waals surface area contributed by atoms with Crippen molar-refractivity contribution in [2.24, 2.45) is 0 Å². The van der Waals surface area contributed by atoms with Crippen LogP contribution in [0.4, 0.5) is 0 Å². The average molecular weight is 151 g/mol. The molecular weight excluding hydrogens is 146 g/mol. The van der Waals surface area contributed by atoms with Gasteiger partial charge in [0.15, 0.2) is 0 Å². The number of allylic oxidation sites excluding steroid dienone is 1. The van der Waals surface area contributed by atoms with E-state index in [0.29, 0.717) is 5.57 Å². The fourth-order valence-electron chi connectivity index (χ4n) is 0.502. The SMILES string of the molecule is C/C(C#N)=C/n1nn[nH]c1=O. The summed E-state index contributed by atoms with van der Waals surface area (Å²) < 4.78 is 0.957. The number of aromatic nitrogens is 4. The maximum Gasteiger partial charge on any atom is 0.365 e. The Labute approximate surface area is 61.7 Å². The van der Waals surface area contributed by atoms with E-state index in [2.05, 4.69) is 15.5 Å². The summed E-state index contributed by atoms with van der Waals surface area (Å²) in [5.74, 6) is 0. The first-order chi connectivity index (χ1) is 5.24. The molecule has 6 nitrogen and oxygen atoms in total. The van der Waals surface area contributed by atoms with Gasteiger partial charge in [0.2, 0.25) is 0 Å². The lowest BCUT2D eigenvalue weighted by molar-refractivity contribution is 0.810. The molecule has 0 saturated heterocycles. The zero-order chi connectivity index (χ0) is 8.27. The summed E-state index contributed by atoms with van der Waals surface area (Å²) in [5.41, 5.74) is -0.0689. The largest absolute Gasteiger partial charge is 0.365 e. The highest BCUT2D eigenvalue weighted by molar-refractivity contribution is 5.36. The van der Waals surface area contributed by atoms with Crippen LogP contribution in [0.2, 0.25) is 0 Å². The van der Waals surface area contributed by atoms with Gasteiger partial charge in [-0.3, -0.25) is 0 Å². The number of hydrogen-bond acceptors (Lipinski definition) is 4. The van der Waals surface area contributed by atoms with E-state index in [0.717, 1.165) is 4.68 Å². The molecule has 0 aliphatic carbocycles. The van der Waals surface area contributed by atoms with Crippen molar-refractivity contribution in [1.82, 2.24) is 20.2 Å². The molecule has 1 aromatic heterocycles. The molecule has 1 N–H and O–H groups in total.